The van der Waals surface area contributed by atoms with Gasteiger partial charge in [-0.1, -0.05) is 0 Å². The molecule has 1 aromatic rings. The van der Waals surface area contributed by atoms with Crippen molar-refractivity contribution in [1.29, 1.82) is 0 Å². The van der Waals surface area contributed by atoms with Gasteiger partial charge in [0, 0.05) is 47.0 Å². The van der Waals surface area contributed by atoms with E-state index >= 15 is 0 Å². The number of hydrogen-bond donors (Lipinski definition) is 2. The van der Waals surface area contributed by atoms with Gasteiger partial charge >= 0.3 is 0 Å². The van der Waals surface area contributed by atoms with E-state index in [0.717, 1.165) is 0 Å². The quantitative estimate of drug-likeness (QED) is 0.725. The Morgan fingerprint density at radius 2 is 2.24 bits per heavy atom. The summed E-state index contributed by atoms with van der Waals surface area (Å²) < 4.78 is 24.2. The average Bonchev–Trinajstić information content (AvgIpc) is 2.25. The predicted octanol–water partition coefficient (Wildman–Crippen LogP) is 0.393. The van der Waals surface area contributed by atoms with Gasteiger partial charge in [-0.3, -0.25) is 9.00 Å². The molecule has 1 atom stereocenters. The second-order valence-corrected chi connectivity index (χ2v) is 5.18. The minimum absolute atomic E-state index is 0.280. The number of amides is 1. The summed E-state index contributed by atoms with van der Waals surface area (Å²) in [7, 11) is -0.871. The summed E-state index contributed by atoms with van der Waals surface area (Å²) in [6.07, 6.45) is 1.61. The van der Waals surface area contributed by atoms with Gasteiger partial charge in [-0.2, -0.15) is 0 Å². The van der Waals surface area contributed by atoms with Gasteiger partial charge in [-0.05, 0) is 18.2 Å². The van der Waals surface area contributed by atoms with Crippen molar-refractivity contribution >= 4 is 16.7 Å². The fraction of sp³-hybridized carbons (Fsp3) is 0.364. The average molecular weight is 258 g/mol. The number of halogens is 1. The summed E-state index contributed by atoms with van der Waals surface area (Å²) in [6, 6.07) is 3.99. The van der Waals surface area contributed by atoms with Crippen molar-refractivity contribution in [2.75, 3.05) is 18.6 Å². The summed E-state index contributed by atoms with van der Waals surface area (Å²) in [6.45, 7) is 0.813. The van der Waals surface area contributed by atoms with Crippen LogP contribution in [0.5, 0.6) is 0 Å². The van der Waals surface area contributed by atoms with E-state index in [1.54, 1.807) is 6.26 Å². The van der Waals surface area contributed by atoms with Gasteiger partial charge in [0.2, 0.25) is 5.91 Å². The van der Waals surface area contributed by atoms with Crippen molar-refractivity contribution in [2.24, 2.45) is 5.73 Å². The molecule has 1 rings (SSSR count). The molecule has 1 amide bonds. The van der Waals surface area contributed by atoms with Gasteiger partial charge < -0.3 is 11.1 Å². The molecule has 6 heteroatoms. The van der Waals surface area contributed by atoms with E-state index in [1.807, 2.05) is 0 Å². The number of carbonyl (C=O) groups is 1. The van der Waals surface area contributed by atoms with Gasteiger partial charge in [0.15, 0.2) is 0 Å². The molecule has 0 saturated heterocycles. The zero-order valence-electron chi connectivity index (χ0n) is 9.53. The van der Waals surface area contributed by atoms with Gasteiger partial charge in [0.1, 0.15) is 5.82 Å². The lowest BCUT2D eigenvalue weighted by Crippen LogP contribution is -2.21. The molecule has 94 valence electrons. The van der Waals surface area contributed by atoms with Crippen LogP contribution in [0.1, 0.15) is 15.9 Å². The minimum Gasteiger partial charge on any atom is -0.366 e. The molecule has 17 heavy (non-hydrogen) atoms. The summed E-state index contributed by atoms with van der Waals surface area (Å²) in [5.41, 5.74) is 5.76. The Hall–Kier alpha value is -1.27. The molecule has 1 unspecified atom stereocenters. The first-order chi connectivity index (χ1) is 8.00. The van der Waals surface area contributed by atoms with Gasteiger partial charge in [-0.15, -0.1) is 0 Å². The van der Waals surface area contributed by atoms with E-state index in [2.05, 4.69) is 5.32 Å². The van der Waals surface area contributed by atoms with Crippen molar-refractivity contribution in [3.63, 3.8) is 0 Å². The lowest BCUT2D eigenvalue weighted by Gasteiger charge is -2.06. The fourth-order valence-corrected chi connectivity index (χ4v) is 1.73. The molecule has 0 spiro atoms. The lowest BCUT2D eigenvalue weighted by atomic mass is 10.1. The van der Waals surface area contributed by atoms with Crippen molar-refractivity contribution in [3.8, 4) is 0 Å². The van der Waals surface area contributed by atoms with Crippen LogP contribution >= 0.6 is 0 Å². The van der Waals surface area contributed by atoms with Crippen LogP contribution in [0.2, 0.25) is 0 Å². The first kappa shape index (κ1) is 13.8. The highest BCUT2D eigenvalue weighted by Gasteiger charge is 2.06. The third-order valence-corrected chi connectivity index (χ3v) is 2.99. The Kier molecular flexibility index (Phi) is 5.24. The third kappa shape index (κ3) is 4.62. The summed E-state index contributed by atoms with van der Waals surface area (Å²) >= 11 is 0. The molecule has 0 aliphatic heterocycles. The van der Waals surface area contributed by atoms with Crippen LogP contribution < -0.4 is 11.1 Å². The lowest BCUT2D eigenvalue weighted by molar-refractivity contribution is 0.1000. The maximum absolute atomic E-state index is 13.4. The van der Waals surface area contributed by atoms with E-state index in [9.17, 15) is 13.4 Å². The summed E-state index contributed by atoms with van der Waals surface area (Å²) in [5, 5.41) is 2.95. The zero-order chi connectivity index (χ0) is 12.8. The fourth-order valence-electron chi connectivity index (χ4n) is 1.30. The van der Waals surface area contributed by atoms with Gasteiger partial charge in [0.25, 0.3) is 0 Å². The Balaban J connectivity index is 2.60. The molecule has 0 bridgehead atoms. The molecule has 3 N–H and O–H groups in total. The van der Waals surface area contributed by atoms with Crippen molar-refractivity contribution in [3.05, 3.63) is 35.1 Å². The minimum atomic E-state index is -0.871. The van der Waals surface area contributed by atoms with Crippen LogP contribution in [0.15, 0.2) is 18.2 Å². The Morgan fingerprint density at radius 3 is 2.82 bits per heavy atom. The van der Waals surface area contributed by atoms with Crippen LogP contribution in [0, 0.1) is 5.82 Å². The van der Waals surface area contributed by atoms with Crippen LogP contribution in [0.4, 0.5) is 4.39 Å². The highest BCUT2D eigenvalue weighted by Crippen LogP contribution is 2.10. The van der Waals surface area contributed by atoms with Crippen molar-refractivity contribution < 1.29 is 13.4 Å². The molecule has 0 heterocycles. The second kappa shape index (κ2) is 6.46. The maximum Gasteiger partial charge on any atom is 0.248 e. The Bertz CT molecular complexity index is 437. The first-order valence-corrected chi connectivity index (χ1v) is 6.82. The molecule has 0 radical (unpaired) electrons. The van der Waals surface area contributed by atoms with Gasteiger partial charge in [-0.25, -0.2) is 4.39 Å². The third-order valence-electron chi connectivity index (χ3n) is 2.21. The Labute approximate surface area is 102 Å². The molecule has 0 aliphatic carbocycles. The monoisotopic (exact) mass is 258 g/mol. The largest absolute Gasteiger partial charge is 0.366 e. The second-order valence-electron chi connectivity index (χ2n) is 3.62. The van der Waals surface area contributed by atoms with Crippen LogP contribution in [0.3, 0.4) is 0 Å². The predicted molar refractivity (Wildman–Crippen MR) is 65.6 cm³/mol. The topological polar surface area (TPSA) is 72.2 Å². The first-order valence-electron chi connectivity index (χ1n) is 5.09. The number of benzene rings is 1. The summed E-state index contributed by atoms with van der Waals surface area (Å²) in [5.74, 6) is -0.460. The van der Waals surface area contributed by atoms with E-state index in [0.29, 0.717) is 17.9 Å². The molecule has 0 aromatic heterocycles. The highest BCUT2D eigenvalue weighted by atomic mass is 32.2. The number of primary amides is 1. The molecule has 0 aliphatic rings. The smallest absolute Gasteiger partial charge is 0.248 e. The number of rotatable bonds is 6. The standard InChI is InChI=1S/C11H15FN2O2S/c1-17(16)5-4-14-7-9-6-8(11(13)15)2-3-10(9)12/h2-3,6,14H,4-5,7H2,1H3,(H2,13,15). The number of nitrogens with one attached hydrogen (secondary N) is 1. The SMILES string of the molecule is CS(=O)CCNCc1cc(C(N)=O)ccc1F. The van der Waals surface area contributed by atoms with Crippen molar-refractivity contribution in [1.82, 2.24) is 5.32 Å². The molecule has 4 nitrogen and oxygen atoms in total. The van der Waals surface area contributed by atoms with Crippen LogP contribution in [0.25, 0.3) is 0 Å². The zero-order valence-corrected chi connectivity index (χ0v) is 10.3. The van der Waals surface area contributed by atoms with Crippen molar-refractivity contribution in [2.45, 2.75) is 6.54 Å². The molecule has 0 fully saturated rings. The van der Waals surface area contributed by atoms with Crippen LogP contribution in [-0.2, 0) is 17.3 Å². The maximum atomic E-state index is 13.4. The van der Waals surface area contributed by atoms with Crippen LogP contribution in [-0.4, -0.2) is 28.7 Å². The molecule has 1 aromatic carbocycles. The molecular formula is C11H15FN2O2S. The highest BCUT2D eigenvalue weighted by molar-refractivity contribution is 7.84. The van der Waals surface area contributed by atoms with E-state index in [-0.39, 0.29) is 17.9 Å². The van der Waals surface area contributed by atoms with E-state index in [1.165, 1.54) is 18.2 Å². The Morgan fingerprint density at radius 1 is 1.53 bits per heavy atom. The van der Waals surface area contributed by atoms with E-state index in [4.69, 9.17) is 5.73 Å². The van der Waals surface area contributed by atoms with Gasteiger partial charge in [0.05, 0.1) is 0 Å². The molecule has 0 saturated carbocycles. The van der Waals surface area contributed by atoms with E-state index < -0.39 is 16.7 Å². The number of hydrogen-bond acceptors (Lipinski definition) is 3. The number of carbonyl (C=O) groups excluding carboxylic acids is 1. The summed E-state index contributed by atoms with van der Waals surface area (Å²) in [4.78, 5) is 10.9. The normalized spacial score (nSPS) is 12.4. The number of nitrogens with two attached hydrogens (primary N) is 1. The molecular weight excluding hydrogens is 243 g/mol.